The molecule has 0 aliphatic heterocycles. The molecule has 0 saturated carbocycles. The van der Waals surface area contributed by atoms with Crippen LogP contribution in [-0.2, 0) is 13.0 Å². The Morgan fingerprint density at radius 3 is 2.56 bits per heavy atom. The van der Waals surface area contributed by atoms with Gasteiger partial charge in [-0.05, 0) is 40.2 Å². The van der Waals surface area contributed by atoms with Crippen molar-refractivity contribution in [3.05, 3.63) is 51.0 Å². The third-order valence-corrected chi connectivity index (χ3v) is 4.46. The summed E-state index contributed by atoms with van der Waals surface area (Å²) in [6, 6.07) is 3.93. The number of aromatic nitrogens is 5. The molecule has 3 rings (SSSR count). The first-order valence-corrected chi connectivity index (χ1v) is 8.55. The predicted octanol–water partition coefficient (Wildman–Crippen LogP) is 2.19. The lowest BCUT2D eigenvalue weighted by molar-refractivity contribution is 0.645. The van der Waals surface area contributed by atoms with Gasteiger partial charge in [0.1, 0.15) is 5.82 Å². The SMILES string of the molecule is CCc1cc(NCCn2c(C)cc(C)nc2=O)n2nc(C)c(C)c2n1. The molecule has 0 unspecified atom stereocenters. The van der Waals surface area contributed by atoms with Gasteiger partial charge in [-0.2, -0.15) is 14.6 Å². The van der Waals surface area contributed by atoms with E-state index < -0.39 is 0 Å². The zero-order valence-electron chi connectivity index (χ0n) is 15.4. The number of hydrogen-bond acceptors (Lipinski definition) is 5. The van der Waals surface area contributed by atoms with Crippen LogP contribution in [0.4, 0.5) is 5.82 Å². The van der Waals surface area contributed by atoms with E-state index in [0.29, 0.717) is 13.1 Å². The molecule has 0 saturated heterocycles. The summed E-state index contributed by atoms with van der Waals surface area (Å²) in [7, 11) is 0. The second-order valence-corrected chi connectivity index (χ2v) is 6.33. The Balaban J connectivity index is 1.86. The average molecular weight is 340 g/mol. The second-order valence-electron chi connectivity index (χ2n) is 6.33. The Labute approximate surface area is 146 Å². The summed E-state index contributed by atoms with van der Waals surface area (Å²) >= 11 is 0. The number of hydrogen-bond donors (Lipinski definition) is 1. The van der Waals surface area contributed by atoms with Crippen LogP contribution in [0.25, 0.3) is 5.65 Å². The van der Waals surface area contributed by atoms with Gasteiger partial charge >= 0.3 is 5.69 Å². The van der Waals surface area contributed by atoms with Crippen LogP contribution in [0.15, 0.2) is 16.9 Å². The van der Waals surface area contributed by atoms with E-state index in [9.17, 15) is 4.79 Å². The third-order valence-electron chi connectivity index (χ3n) is 4.46. The molecule has 0 fully saturated rings. The van der Waals surface area contributed by atoms with Crippen molar-refractivity contribution in [2.45, 2.75) is 47.6 Å². The van der Waals surface area contributed by atoms with Gasteiger partial charge in [0.05, 0.1) is 5.69 Å². The van der Waals surface area contributed by atoms with Crippen LogP contribution in [-0.4, -0.2) is 30.7 Å². The molecule has 25 heavy (non-hydrogen) atoms. The highest BCUT2D eigenvalue weighted by Gasteiger charge is 2.12. The minimum Gasteiger partial charge on any atom is -0.368 e. The van der Waals surface area contributed by atoms with E-state index in [2.05, 4.69) is 27.3 Å². The van der Waals surface area contributed by atoms with E-state index in [1.807, 2.05) is 44.3 Å². The molecular weight excluding hydrogens is 316 g/mol. The molecule has 0 aliphatic rings. The van der Waals surface area contributed by atoms with Crippen molar-refractivity contribution in [3.8, 4) is 0 Å². The van der Waals surface area contributed by atoms with E-state index in [0.717, 1.165) is 46.2 Å². The minimum absolute atomic E-state index is 0.209. The van der Waals surface area contributed by atoms with Crippen LogP contribution in [0.5, 0.6) is 0 Å². The van der Waals surface area contributed by atoms with Crippen molar-refractivity contribution in [2.24, 2.45) is 0 Å². The Kier molecular flexibility index (Phi) is 4.57. The topological polar surface area (TPSA) is 77.1 Å². The highest BCUT2D eigenvalue weighted by atomic mass is 16.1. The Bertz CT molecular complexity index is 985. The first-order valence-electron chi connectivity index (χ1n) is 8.55. The predicted molar refractivity (Wildman–Crippen MR) is 98.3 cm³/mol. The van der Waals surface area contributed by atoms with Crippen molar-refractivity contribution < 1.29 is 0 Å². The number of anilines is 1. The van der Waals surface area contributed by atoms with Crippen LogP contribution in [0.2, 0.25) is 0 Å². The first kappa shape index (κ1) is 17.1. The van der Waals surface area contributed by atoms with Gasteiger partial charge in [-0.25, -0.2) is 9.78 Å². The molecule has 0 bridgehead atoms. The second kappa shape index (κ2) is 6.66. The zero-order valence-corrected chi connectivity index (χ0v) is 15.4. The van der Waals surface area contributed by atoms with Crippen molar-refractivity contribution in [2.75, 3.05) is 11.9 Å². The zero-order chi connectivity index (χ0) is 18.1. The van der Waals surface area contributed by atoms with Crippen LogP contribution >= 0.6 is 0 Å². The normalized spacial score (nSPS) is 11.2. The summed E-state index contributed by atoms with van der Waals surface area (Å²) in [4.78, 5) is 20.7. The van der Waals surface area contributed by atoms with E-state index in [1.165, 1.54) is 0 Å². The van der Waals surface area contributed by atoms with Gasteiger partial charge in [0.15, 0.2) is 5.65 Å². The lowest BCUT2D eigenvalue weighted by Crippen LogP contribution is -2.28. The van der Waals surface area contributed by atoms with Crippen molar-refractivity contribution in [1.82, 2.24) is 24.1 Å². The summed E-state index contributed by atoms with van der Waals surface area (Å²) in [5.41, 5.74) is 5.41. The third kappa shape index (κ3) is 3.26. The maximum atomic E-state index is 12.1. The Morgan fingerprint density at radius 1 is 1.12 bits per heavy atom. The Hall–Kier alpha value is -2.70. The molecule has 3 heterocycles. The fourth-order valence-corrected chi connectivity index (χ4v) is 2.93. The molecule has 1 N–H and O–H groups in total. The summed E-state index contributed by atoms with van der Waals surface area (Å²) in [6.45, 7) is 11.0. The smallest absolute Gasteiger partial charge is 0.348 e. The molecular formula is C18H24N6O. The molecule has 0 amide bonds. The van der Waals surface area contributed by atoms with Gasteiger partial charge in [0, 0.05) is 41.8 Å². The molecule has 132 valence electrons. The van der Waals surface area contributed by atoms with E-state index in [4.69, 9.17) is 0 Å². The van der Waals surface area contributed by atoms with E-state index >= 15 is 0 Å². The lowest BCUT2D eigenvalue weighted by atomic mass is 10.2. The first-order chi connectivity index (χ1) is 11.9. The molecule has 0 radical (unpaired) electrons. The molecule has 0 spiro atoms. The molecule has 3 aromatic heterocycles. The molecule has 0 atom stereocenters. The number of rotatable bonds is 5. The standard InChI is InChI=1S/C18H24N6O/c1-6-15-10-16(24-17(21-15)13(4)14(5)22-24)19-7-8-23-12(3)9-11(2)20-18(23)25/h9-10,19H,6-8H2,1-5H3. The minimum atomic E-state index is -0.209. The van der Waals surface area contributed by atoms with E-state index in [-0.39, 0.29) is 5.69 Å². The lowest BCUT2D eigenvalue weighted by Gasteiger charge is -2.13. The summed E-state index contributed by atoms with van der Waals surface area (Å²) in [6.07, 6.45) is 0.856. The molecule has 7 heteroatoms. The summed E-state index contributed by atoms with van der Waals surface area (Å²) in [5, 5.41) is 7.96. The van der Waals surface area contributed by atoms with Crippen LogP contribution in [0.1, 0.15) is 35.3 Å². The molecule has 0 aliphatic carbocycles. The number of fused-ring (bicyclic) bond motifs is 1. The number of nitrogens with zero attached hydrogens (tertiary/aromatic N) is 5. The van der Waals surface area contributed by atoms with Gasteiger partial charge in [-0.3, -0.25) is 4.57 Å². The molecule has 7 nitrogen and oxygen atoms in total. The largest absolute Gasteiger partial charge is 0.368 e. The van der Waals surface area contributed by atoms with Gasteiger partial charge in [-0.15, -0.1) is 0 Å². The van der Waals surface area contributed by atoms with E-state index in [1.54, 1.807) is 4.57 Å². The average Bonchev–Trinajstić information content (AvgIpc) is 2.85. The van der Waals surface area contributed by atoms with Gasteiger partial charge in [0.25, 0.3) is 0 Å². The highest BCUT2D eigenvalue weighted by molar-refractivity contribution is 5.56. The fraction of sp³-hybridized carbons (Fsp3) is 0.444. The quantitative estimate of drug-likeness (QED) is 0.770. The van der Waals surface area contributed by atoms with Gasteiger partial charge < -0.3 is 5.32 Å². The Morgan fingerprint density at radius 2 is 1.88 bits per heavy atom. The summed E-state index contributed by atoms with van der Waals surface area (Å²) in [5.74, 6) is 0.892. The maximum Gasteiger partial charge on any atom is 0.348 e. The van der Waals surface area contributed by atoms with Crippen LogP contribution in [0.3, 0.4) is 0 Å². The van der Waals surface area contributed by atoms with Crippen molar-refractivity contribution in [3.63, 3.8) is 0 Å². The number of aryl methyl sites for hydroxylation is 5. The van der Waals surface area contributed by atoms with Crippen LogP contribution < -0.4 is 11.0 Å². The van der Waals surface area contributed by atoms with Crippen molar-refractivity contribution in [1.29, 1.82) is 0 Å². The monoisotopic (exact) mass is 340 g/mol. The number of nitrogens with one attached hydrogen (secondary N) is 1. The molecule has 3 aromatic rings. The highest BCUT2D eigenvalue weighted by Crippen LogP contribution is 2.18. The van der Waals surface area contributed by atoms with Gasteiger partial charge in [0.2, 0.25) is 0 Å². The van der Waals surface area contributed by atoms with Gasteiger partial charge in [-0.1, -0.05) is 6.92 Å². The van der Waals surface area contributed by atoms with Crippen LogP contribution in [0, 0.1) is 27.7 Å². The molecule has 0 aromatic carbocycles. The maximum absolute atomic E-state index is 12.1. The van der Waals surface area contributed by atoms with Crippen molar-refractivity contribution >= 4 is 11.5 Å². The fourth-order valence-electron chi connectivity index (χ4n) is 2.93. The summed E-state index contributed by atoms with van der Waals surface area (Å²) < 4.78 is 3.52.